The van der Waals surface area contributed by atoms with Crippen LogP contribution in [0.15, 0.2) is 47.6 Å². The molecule has 0 saturated carbocycles. The summed E-state index contributed by atoms with van der Waals surface area (Å²) in [5, 5.41) is 4.69. The molecule has 134 valence electrons. The molecule has 1 aliphatic rings. The topological polar surface area (TPSA) is 61.8 Å². The van der Waals surface area contributed by atoms with Gasteiger partial charge < -0.3 is 4.90 Å². The molecule has 1 unspecified atom stereocenters. The molecule has 5 nitrogen and oxygen atoms in total. The number of carbonyl (C=O) groups excluding carboxylic acids is 2. The van der Waals surface area contributed by atoms with Gasteiger partial charge in [0.1, 0.15) is 5.82 Å². The van der Waals surface area contributed by atoms with E-state index in [1.807, 2.05) is 0 Å². The normalized spacial score (nSPS) is 17.1. The van der Waals surface area contributed by atoms with E-state index in [1.165, 1.54) is 35.4 Å². The molecule has 26 heavy (non-hydrogen) atoms. The molecule has 0 radical (unpaired) electrons. The molecular formula is C18H14Cl2FN3O2. The van der Waals surface area contributed by atoms with Crippen molar-refractivity contribution in [2.24, 2.45) is 11.0 Å². The number of rotatable bonds is 4. The number of carbonyl (C=O) groups is 2. The van der Waals surface area contributed by atoms with Crippen molar-refractivity contribution >= 4 is 46.9 Å². The van der Waals surface area contributed by atoms with Crippen LogP contribution >= 0.6 is 23.2 Å². The monoisotopic (exact) mass is 393 g/mol. The van der Waals surface area contributed by atoms with Crippen molar-refractivity contribution in [1.82, 2.24) is 5.43 Å². The van der Waals surface area contributed by atoms with Gasteiger partial charge in [-0.1, -0.05) is 29.3 Å². The second-order valence-electron chi connectivity index (χ2n) is 5.75. The SMILES string of the molecule is O=C(N/N=C/c1c(Cl)cccc1Cl)C1CC(=O)N(c2ccc(F)cc2)C1. The van der Waals surface area contributed by atoms with Crippen LogP contribution in [0, 0.1) is 11.7 Å². The second-order valence-corrected chi connectivity index (χ2v) is 6.57. The minimum absolute atomic E-state index is 0.0611. The van der Waals surface area contributed by atoms with Crippen molar-refractivity contribution in [2.75, 3.05) is 11.4 Å². The lowest BCUT2D eigenvalue weighted by Gasteiger charge is -2.16. The van der Waals surface area contributed by atoms with Crippen molar-refractivity contribution in [1.29, 1.82) is 0 Å². The van der Waals surface area contributed by atoms with E-state index in [1.54, 1.807) is 18.2 Å². The highest BCUT2D eigenvalue weighted by Gasteiger charge is 2.35. The van der Waals surface area contributed by atoms with Crippen molar-refractivity contribution in [2.45, 2.75) is 6.42 Å². The summed E-state index contributed by atoms with van der Waals surface area (Å²) in [6.07, 6.45) is 1.42. The molecular weight excluding hydrogens is 380 g/mol. The summed E-state index contributed by atoms with van der Waals surface area (Å²) in [4.78, 5) is 25.8. The first-order valence-electron chi connectivity index (χ1n) is 7.78. The largest absolute Gasteiger partial charge is 0.312 e. The van der Waals surface area contributed by atoms with Gasteiger partial charge in [0.05, 0.1) is 22.2 Å². The van der Waals surface area contributed by atoms with Crippen LogP contribution in [0.25, 0.3) is 0 Å². The summed E-state index contributed by atoms with van der Waals surface area (Å²) < 4.78 is 13.0. The average Bonchev–Trinajstić information content (AvgIpc) is 3.00. The van der Waals surface area contributed by atoms with Crippen LogP contribution in [0.5, 0.6) is 0 Å². The molecule has 1 heterocycles. The summed E-state index contributed by atoms with van der Waals surface area (Å²) in [5.74, 6) is -1.52. The van der Waals surface area contributed by atoms with Crippen LogP contribution in [0.2, 0.25) is 10.0 Å². The minimum Gasteiger partial charge on any atom is -0.312 e. The Hall–Kier alpha value is -2.44. The molecule has 0 aliphatic carbocycles. The Morgan fingerprint density at radius 3 is 2.50 bits per heavy atom. The van der Waals surface area contributed by atoms with Gasteiger partial charge in [-0.3, -0.25) is 9.59 Å². The molecule has 1 aliphatic heterocycles. The standard InChI is InChI=1S/C18H14Cl2FN3O2/c19-15-2-1-3-16(20)14(15)9-22-23-18(26)11-8-17(25)24(10-11)13-6-4-12(21)5-7-13/h1-7,9,11H,8,10H2,(H,23,26)/b22-9+. The van der Waals surface area contributed by atoms with Gasteiger partial charge in [-0.15, -0.1) is 0 Å². The number of hydrogen-bond donors (Lipinski definition) is 1. The van der Waals surface area contributed by atoms with Crippen molar-refractivity contribution in [3.05, 3.63) is 63.9 Å². The molecule has 1 fully saturated rings. The second kappa shape index (κ2) is 7.85. The molecule has 2 aromatic carbocycles. The Morgan fingerprint density at radius 1 is 1.19 bits per heavy atom. The van der Waals surface area contributed by atoms with Gasteiger partial charge in [0.15, 0.2) is 0 Å². The molecule has 2 amide bonds. The van der Waals surface area contributed by atoms with Crippen LogP contribution in [0.4, 0.5) is 10.1 Å². The molecule has 8 heteroatoms. The fourth-order valence-corrected chi connectivity index (χ4v) is 3.13. The van der Waals surface area contributed by atoms with Gasteiger partial charge in [-0.05, 0) is 36.4 Å². The van der Waals surface area contributed by atoms with Gasteiger partial charge >= 0.3 is 0 Å². The number of benzene rings is 2. The van der Waals surface area contributed by atoms with Gasteiger partial charge in [0.25, 0.3) is 0 Å². The van der Waals surface area contributed by atoms with E-state index in [2.05, 4.69) is 10.5 Å². The lowest BCUT2D eigenvalue weighted by atomic mass is 10.1. The van der Waals surface area contributed by atoms with Crippen molar-refractivity contribution < 1.29 is 14.0 Å². The summed E-state index contributed by atoms with van der Waals surface area (Å²) in [5.41, 5.74) is 3.45. The fourth-order valence-electron chi connectivity index (χ4n) is 2.64. The fraction of sp³-hybridized carbons (Fsp3) is 0.167. The van der Waals surface area contributed by atoms with Crippen LogP contribution in [-0.2, 0) is 9.59 Å². The first kappa shape index (κ1) is 18.4. The minimum atomic E-state index is -0.550. The highest BCUT2D eigenvalue weighted by Crippen LogP contribution is 2.25. The molecule has 0 aromatic heterocycles. The van der Waals surface area contributed by atoms with E-state index in [9.17, 15) is 14.0 Å². The van der Waals surface area contributed by atoms with E-state index in [0.717, 1.165) is 0 Å². The predicted octanol–water partition coefficient (Wildman–Crippen LogP) is 3.64. The Balaban J connectivity index is 1.63. The summed E-state index contributed by atoms with van der Waals surface area (Å²) >= 11 is 12.0. The maximum atomic E-state index is 13.0. The zero-order chi connectivity index (χ0) is 18.7. The predicted molar refractivity (Wildman–Crippen MR) is 99.1 cm³/mol. The van der Waals surface area contributed by atoms with E-state index in [4.69, 9.17) is 23.2 Å². The number of hydrogen-bond acceptors (Lipinski definition) is 3. The van der Waals surface area contributed by atoms with Crippen molar-refractivity contribution in [3.63, 3.8) is 0 Å². The zero-order valence-corrected chi connectivity index (χ0v) is 15.0. The summed E-state index contributed by atoms with van der Waals surface area (Å²) in [6.45, 7) is 0.207. The van der Waals surface area contributed by atoms with Crippen molar-refractivity contribution in [3.8, 4) is 0 Å². The van der Waals surface area contributed by atoms with E-state index in [0.29, 0.717) is 21.3 Å². The lowest BCUT2D eigenvalue weighted by molar-refractivity contribution is -0.126. The van der Waals surface area contributed by atoms with E-state index >= 15 is 0 Å². The Morgan fingerprint density at radius 2 is 1.85 bits per heavy atom. The third-order valence-electron chi connectivity index (χ3n) is 4.00. The maximum Gasteiger partial charge on any atom is 0.245 e. The van der Waals surface area contributed by atoms with E-state index in [-0.39, 0.29) is 30.6 Å². The third-order valence-corrected chi connectivity index (χ3v) is 4.66. The number of halogens is 3. The van der Waals surface area contributed by atoms with Gasteiger partial charge in [0, 0.05) is 24.2 Å². The molecule has 0 spiro atoms. The Bertz CT molecular complexity index is 851. The van der Waals surface area contributed by atoms with Crippen LogP contribution < -0.4 is 10.3 Å². The Labute approximate surface area is 159 Å². The molecule has 3 rings (SSSR count). The summed E-state index contributed by atoms with van der Waals surface area (Å²) in [7, 11) is 0. The van der Waals surface area contributed by atoms with Crippen LogP contribution in [0.3, 0.4) is 0 Å². The summed E-state index contributed by atoms with van der Waals surface area (Å²) in [6, 6.07) is 10.6. The molecule has 2 aromatic rings. The molecule has 0 bridgehead atoms. The quantitative estimate of drug-likeness (QED) is 0.636. The lowest BCUT2D eigenvalue weighted by Crippen LogP contribution is -2.30. The third kappa shape index (κ3) is 4.03. The number of nitrogens with zero attached hydrogens (tertiary/aromatic N) is 2. The maximum absolute atomic E-state index is 13.0. The highest BCUT2D eigenvalue weighted by atomic mass is 35.5. The Kier molecular flexibility index (Phi) is 5.54. The van der Waals surface area contributed by atoms with E-state index < -0.39 is 5.92 Å². The molecule has 1 saturated heterocycles. The van der Waals surface area contributed by atoms with Crippen LogP contribution in [0.1, 0.15) is 12.0 Å². The first-order valence-corrected chi connectivity index (χ1v) is 8.54. The smallest absolute Gasteiger partial charge is 0.245 e. The van der Waals surface area contributed by atoms with Crippen LogP contribution in [-0.4, -0.2) is 24.6 Å². The number of amides is 2. The molecule has 1 atom stereocenters. The first-order chi connectivity index (χ1) is 12.5. The molecule has 1 N–H and O–H groups in total. The van der Waals surface area contributed by atoms with Gasteiger partial charge in [-0.2, -0.15) is 5.10 Å². The highest BCUT2D eigenvalue weighted by molar-refractivity contribution is 6.38. The zero-order valence-electron chi connectivity index (χ0n) is 13.5. The van der Waals surface area contributed by atoms with Gasteiger partial charge in [0.2, 0.25) is 11.8 Å². The average molecular weight is 394 g/mol. The number of nitrogens with one attached hydrogen (secondary N) is 1. The number of anilines is 1. The number of hydrazone groups is 1. The van der Waals surface area contributed by atoms with Gasteiger partial charge in [-0.25, -0.2) is 9.82 Å².